The van der Waals surface area contributed by atoms with Crippen molar-refractivity contribution in [2.75, 3.05) is 11.5 Å². The van der Waals surface area contributed by atoms with Crippen LogP contribution in [0.5, 0.6) is 0 Å². The van der Waals surface area contributed by atoms with Gasteiger partial charge in [-0.25, -0.2) is 4.79 Å². The van der Waals surface area contributed by atoms with Gasteiger partial charge in [-0.05, 0) is 53.7 Å². The number of thioether (sulfide) groups is 1. The van der Waals surface area contributed by atoms with Crippen LogP contribution in [0.1, 0.15) is 49.4 Å². The van der Waals surface area contributed by atoms with E-state index < -0.39 is 5.54 Å². The van der Waals surface area contributed by atoms with E-state index in [9.17, 15) is 9.59 Å². The number of benzene rings is 1. The van der Waals surface area contributed by atoms with Gasteiger partial charge < -0.3 is 5.32 Å². The van der Waals surface area contributed by atoms with Crippen LogP contribution in [-0.4, -0.2) is 33.9 Å². The molecule has 2 saturated heterocycles. The Morgan fingerprint density at radius 1 is 1.21 bits per heavy atom. The number of rotatable bonds is 2. The Balaban J connectivity index is 1.89. The molecular weight excluding hydrogens is 320 g/mol. The van der Waals surface area contributed by atoms with Gasteiger partial charge in [0.25, 0.3) is 5.91 Å². The molecule has 2 aliphatic rings. The molecule has 2 heterocycles. The average Bonchev–Trinajstić information content (AvgIpc) is 3.02. The summed E-state index contributed by atoms with van der Waals surface area (Å²) >= 11 is 1.73. The molecule has 0 radical (unpaired) electrons. The quantitative estimate of drug-likeness (QED) is 0.834. The smallest absolute Gasteiger partial charge is 0.322 e. The number of urea groups is 1. The lowest BCUT2D eigenvalue weighted by atomic mass is 9.83. The summed E-state index contributed by atoms with van der Waals surface area (Å²) in [5.74, 6) is 1.56. The number of amides is 3. The summed E-state index contributed by atoms with van der Waals surface area (Å²) in [6, 6.07) is 4.12. The third-order valence-electron chi connectivity index (χ3n) is 5.15. The van der Waals surface area contributed by atoms with Crippen LogP contribution in [0, 0.1) is 13.8 Å². The molecule has 3 rings (SSSR count). The van der Waals surface area contributed by atoms with Crippen LogP contribution < -0.4 is 5.32 Å². The first kappa shape index (κ1) is 17.3. The normalized spacial score (nSPS) is 24.1. The number of carbonyl (C=O) groups excluding carboxylic acids is 2. The molecular formula is C19H26N2O2S. The highest BCUT2D eigenvalue weighted by molar-refractivity contribution is 7.99. The van der Waals surface area contributed by atoms with Crippen molar-refractivity contribution >= 4 is 23.7 Å². The summed E-state index contributed by atoms with van der Waals surface area (Å²) in [5.41, 5.74) is 4.07. The number of carbonyl (C=O) groups is 2. The van der Waals surface area contributed by atoms with E-state index in [2.05, 4.69) is 52.1 Å². The fourth-order valence-electron chi connectivity index (χ4n) is 3.49. The lowest BCUT2D eigenvalue weighted by molar-refractivity contribution is -0.130. The van der Waals surface area contributed by atoms with Crippen molar-refractivity contribution in [2.45, 2.75) is 58.5 Å². The minimum atomic E-state index is -0.658. The van der Waals surface area contributed by atoms with E-state index in [0.29, 0.717) is 12.3 Å². The third kappa shape index (κ3) is 2.83. The van der Waals surface area contributed by atoms with E-state index >= 15 is 0 Å². The number of hydrogen-bond donors (Lipinski definition) is 1. The predicted molar refractivity (Wildman–Crippen MR) is 98.4 cm³/mol. The van der Waals surface area contributed by atoms with Crippen LogP contribution in [-0.2, 0) is 16.8 Å². The number of aryl methyl sites for hydroxylation is 2. The first-order chi connectivity index (χ1) is 11.1. The Bertz CT molecular complexity index is 677. The molecule has 3 amide bonds. The molecule has 1 N–H and O–H groups in total. The van der Waals surface area contributed by atoms with Crippen molar-refractivity contribution in [3.8, 4) is 0 Å². The lowest BCUT2D eigenvalue weighted by Crippen LogP contribution is -2.46. The highest BCUT2D eigenvalue weighted by Gasteiger charge is 2.52. The Morgan fingerprint density at radius 2 is 1.83 bits per heavy atom. The highest BCUT2D eigenvalue weighted by atomic mass is 32.2. The van der Waals surface area contributed by atoms with Gasteiger partial charge in [-0.1, -0.05) is 32.9 Å². The topological polar surface area (TPSA) is 49.4 Å². The van der Waals surface area contributed by atoms with Gasteiger partial charge in [0.15, 0.2) is 0 Å². The third-order valence-corrected chi connectivity index (χ3v) is 6.34. The van der Waals surface area contributed by atoms with Gasteiger partial charge in [-0.15, -0.1) is 0 Å². The molecule has 2 aliphatic heterocycles. The summed E-state index contributed by atoms with van der Waals surface area (Å²) < 4.78 is 0. The number of hydrogen-bond acceptors (Lipinski definition) is 3. The first-order valence-corrected chi connectivity index (χ1v) is 9.62. The zero-order chi connectivity index (χ0) is 17.7. The van der Waals surface area contributed by atoms with Gasteiger partial charge in [-0.3, -0.25) is 9.69 Å². The molecule has 1 aromatic rings. The van der Waals surface area contributed by atoms with Gasteiger partial charge in [0.05, 0.1) is 6.54 Å². The van der Waals surface area contributed by atoms with Crippen molar-refractivity contribution in [1.29, 1.82) is 0 Å². The molecule has 0 bridgehead atoms. The largest absolute Gasteiger partial charge is 0.325 e. The summed E-state index contributed by atoms with van der Waals surface area (Å²) in [5, 5.41) is 2.94. The summed E-state index contributed by atoms with van der Waals surface area (Å²) in [7, 11) is 0. The zero-order valence-corrected chi connectivity index (χ0v) is 16.0. The van der Waals surface area contributed by atoms with Crippen LogP contribution in [0.3, 0.4) is 0 Å². The number of imide groups is 1. The molecule has 1 unspecified atom stereocenters. The molecule has 0 saturated carbocycles. The minimum Gasteiger partial charge on any atom is -0.322 e. The second-order valence-electron chi connectivity index (χ2n) is 8.04. The molecule has 1 aromatic carbocycles. The fraction of sp³-hybridized carbons (Fsp3) is 0.579. The Hall–Kier alpha value is -1.49. The summed E-state index contributed by atoms with van der Waals surface area (Å²) in [4.78, 5) is 26.6. The molecule has 2 fully saturated rings. The van der Waals surface area contributed by atoms with E-state index in [4.69, 9.17) is 0 Å². The molecule has 0 aromatic heterocycles. The summed E-state index contributed by atoms with van der Waals surface area (Å²) in [6.07, 6.45) is 0.736. The van der Waals surface area contributed by atoms with Crippen molar-refractivity contribution in [2.24, 2.45) is 0 Å². The SMILES string of the molecule is Cc1cc(C(C)(C)C)cc(C)c1CN1C(=O)NC2(CCSC2)C1=O. The molecule has 1 atom stereocenters. The van der Waals surface area contributed by atoms with Gasteiger partial charge >= 0.3 is 6.03 Å². The molecule has 130 valence electrons. The highest BCUT2D eigenvalue weighted by Crippen LogP contribution is 2.35. The maximum Gasteiger partial charge on any atom is 0.325 e. The van der Waals surface area contributed by atoms with E-state index in [1.807, 2.05) is 0 Å². The maximum atomic E-state index is 12.8. The lowest BCUT2D eigenvalue weighted by Gasteiger charge is -2.24. The van der Waals surface area contributed by atoms with E-state index in [-0.39, 0.29) is 17.4 Å². The Labute approximate surface area is 148 Å². The van der Waals surface area contributed by atoms with Crippen LogP contribution in [0.15, 0.2) is 12.1 Å². The van der Waals surface area contributed by atoms with Crippen LogP contribution >= 0.6 is 11.8 Å². The monoisotopic (exact) mass is 346 g/mol. The van der Waals surface area contributed by atoms with Crippen molar-refractivity contribution in [3.05, 3.63) is 34.4 Å². The van der Waals surface area contributed by atoms with E-state index in [1.165, 1.54) is 10.5 Å². The van der Waals surface area contributed by atoms with Gasteiger partial charge in [-0.2, -0.15) is 11.8 Å². The molecule has 5 heteroatoms. The molecule has 0 aliphatic carbocycles. The fourth-order valence-corrected chi connectivity index (χ4v) is 4.81. The Morgan fingerprint density at radius 3 is 2.33 bits per heavy atom. The molecule has 4 nitrogen and oxygen atoms in total. The Kier molecular flexibility index (Phi) is 4.19. The number of nitrogens with zero attached hydrogens (tertiary/aromatic N) is 1. The standard InChI is InChI=1S/C19H26N2O2S/c1-12-8-14(18(3,4)5)9-13(2)15(12)10-21-16(22)19(20-17(21)23)6-7-24-11-19/h8-9H,6-7,10-11H2,1-5H3,(H,20,23). The first-order valence-electron chi connectivity index (χ1n) is 8.46. The van der Waals surface area contributed by atoms with Crippen LogP contribution in [0.25, 0.3) is 0 Å². The van der Waals surface area contributed by atoms with Crippen LogP contribution in [0.2, 0.25) is 0 Å². The number of nitrogens with one attached hydrogen (secondary N) is 1. The molecule has 24 heavy (non-hydrogen) atoms. The second kappa shape index (κ2) is 5.80. The van der Waals surface area contributed by atoms with Gasteiger partial charge in [0, 0.05) is 5.75 Å². The second-order valence-corrected chi connectivity index (χ2v) is 9.15. The van der Waals surface area contributed by atoms with E-state index in [0.717, 1.165) is 28.9 Å². The van der Waals surface area contributed by atoms with Crippen molar-refractivity contribution in [3.63, 3.8) is 0 Å². The van der Waals surface area contributed by atoms with Crippen molar-refractivity contribution in [1.82, 2.24) is 10.2 Å². The van der Waals surface area contributed by atoms with Crippen molar-refractivity contribution < 1.29 is 9.59 Å². The summed E-state index contributed by atoms with van der Waals surface area (Å²) in [6.45, 7) is 11.1. The minimum absolute atomic E-state index is 0.0591. The van der Waals surface area contributed by atoms with E-state index in [1.54, 1.807) is 11.8 Å². The van der Waals surface area contributed by atoms with Crippen LogP contribution in [0.4, 0.5) is 4.79 Å². The predicted octanol–water partition coefficient (Wildman–Crippen LogP) is 3.53. The van der Waals surface area contributed by atoms with Gasteiger partial charge in [0.2, 0.25) is 0 Å². The maximum absolute atomic E-state index is 12.8. The zero-order valence-electron chi connectivity index (χ0n) is 15.2. The van der Waals surface area contributed by atoms with Gasteiger partial charge in [0.1, 0.15) is 5.54 Å². The average molecular weight is 346 g/mol. The molecule has 1 spiro atoms.